The predicted octanol–water partition coefficient (Wildman–Crippen LogP) is 1.52. The highest BCUT2D eigenvalue weighted by Gasteiger charge is 2.12. The van der Waals surface area contributed by atoms with E-state index in [2.05, 4.69) is 37.9 Å². The number of rotatable bonds is 10. The van der Waals surface area contributed by atoms with Gasteiger partial charge in [0.15, 0.2) is 9.84 Å². The molecule has 0 heterocycles. The van der Waals surface area contributed by atoms with Crippen LogP contribution in [0.1, 0.15) is 41.0 Å². The topological polar surface area (TPSA) is 49.4 Å². The first-order chi connectivity index (χ1) is 8.30. The third-order valence-electron chi connectivity index (χ3n) is 2.98. The normalized spacial score (nSPS) is 12.9. The Morgan fingerprint density at radius 1 is 1.00 bits per heavy atom. The molecule has 0 aliphatic heterocycles. The van der Waals surface area contributed by atoms with Gasteiger partial charge in [0.1, 0.15) is 0 Å². The second-order valence-corrected chi connectivity index (χ2v) is 7.63. The lowest BCUT2D eigenvalue weighted by atomic mass is 10.2. The smallest absolute Gasteiger partial charge is 0.151 e. The van der Waals surface area contributed by atoms with Crippen molar-refractivity contribution in [1.82, 2.24) is 10.2 Å². The lowest BCUT2D eigenvalue weighted by Gasteiger charge is -2.30. The molecule has 0 fully saturated rings. The molecular formula is C13H30N2O2S. The van der Waals surface area contributed by atoms with Gasteiger partial charge in [0, 0.05) is 37.5 Å². The predicted molar refractivity (Wildman–Crippen MR) is 78.8 cm³/mol. The third-order valence-corrected chi connectivity index (χ3v) is 4.83. The molecule has 0 atom stereocenters. The maximum absolute atomic E-state index is 11.5. The maximum Gasteiger partial charge on any atom is 0.151 e. The zero-order valence-corrected chi connectivity index (χ0v) is 13.4. The van der Waals surface area contributed by atoms with Gasteiger partial charge in [-0.2, -0.15) is 0 Å². The molecule has 0 saturated heterocycles. The van der Waals surface area contributed by atoms with E-state index < -0.39 is 9.84 Å². The number of hydrogen-bond acceptors (Lipinski definition) is 4. The van der Waals surface area contributed by atoms with E-state index in [-0.39, 0.29) is 5.75 Å². The van der Waals surface area contributed by atoms with Crippen molar-refractivity contribution in [3.05, 3.63) is 0 Å². The average molecular weight is 278 g/mol. The zero-order chi connectivity index (χ0) is 14.2. The molecule has 0 radical (unpaired) electrons. The molecule has 5 heteroatoms. The molecule has 0 aromatic heterocycles. The van der Waals surface area contributed by atoms with Crippen LogP contribution >= 0.6 is 0 Å². The van der Waals surface area contributed by atoms with E-state index in [1.54, 1.807) is 0 Å². The van der Waals surface area contributed by atoms with Gasteiger partial charge in [-0.3, -0.25) is 4.90 Å². The molecule has 0 aromatic carbocycles. The Morgan fingerprint density at radius 2 is 1.56 bits per heavy atom. The fourth-order valence-electron chi connectivity index (χ4n) is 2.09. The Hall–Kier alpha value is -0.130. The molecule has 0 bridgehead atoms. The van der Waals surface area contributed by atoms with Gasteiger partial charge in [-0.05, 0) is 34.1 Å². The lowest BCUT2D eigenvalue weighted by Crippen LogP contribution is -2.42. The van der Waals surface area contributed by atoms with Crippen LogP contribution in [-0.4, -0.2) is 56.5 Å². The molecule has 1 N–H and O–H groups in total. The quantitative estimate of drug-likeness (QED) is 0.616. The standard InChI is InChI=1S/C13H30N2O2S/c1-6-10-18(16,17)11-8-14-7-9-15(12(2)3)13(4)5/h12-14H,6-11H2,1-5H3. The molecular weight excluding hydrogens is 248 g/mol. The fourth-order valence-corrected chi connectivity index (χ4v) is 3.37. The summed E-state index contributed by atoms with van der Waals surface area (Å²) in [4.78, 5) is 2.40. The number of sulfone groups is 1. The van der Waals surface area contributed by atoms with Gasteiger partial charge >= 0.3 is 0 Å². The minimum atomic E-state index is -2.84. The van der Waals surface area contributed by atoms with Crippen LogP contribution in [0.5, 0.6) is 0 Å². The maximum atomic E-state index is 11.5. The second-order valence-electron chi connectivity index (χ2n) is 5.33. The number of hydrogen-bond donors (Lipinski definition) is 1. The first-order valence-electron chi connectivity index (χ1n) is 6.97. The summed E-state index contributed by atoms with van der Waals surface area (Å²) in [6.45, 7) is 13.0. The first-order valence-corrected chi connectivity index (χ1v) is 8.79. The molecule has 0 saturated carbocycles. The van der Waals surface area contributed by atoms with E-state index in [1.807, 2.05) is 6.92 Å². The summed E-state index contributed by atoms with van der Waals surface area (Å²) in [5.74, 6) is 0.559. The molecule has 0 aliphatic carbocycles. The van der Waals surface area contributed by atoms with Crippen molar-refractivity contribution in [2.75, 3.05) is 31.1 Å². The zero-order valence-electron chi connectivity index (χ0n) is 12.6. The van der Waals surface area contributed by atoms with Gasteiger partial charge in [0.05, 0.1) is 5.75 Å². The highest BCUT2D eigenvalue weighted by Crippen LogP contribution is 2.03. The van der Waals surface area contributed by atoms with E-state index in [0.717, 1.165) is 13.1 Å². The van der Waals surface area contributed by atoms with E-state index in [1.165, 1.54) is 0 Å². The van der Waals surface area contributed by atoms with Crippen molar-refractivity contribution in [2.24, 2.45) is 0 Å². The van der Waals surface area contributed by atoms with Gasteiger partial charge in [-0.1, -0.05) is 6.92 Å². The Labute approximate surface area is 113 Å². The lowest BCUT2D eigenvalue weighted by molar-refractivity contribution is 0.176. The summed E-state index contributed by atoms with van der Waals surface area (Å²) in [6, 6.07) is 1.05. The van der Waals surface area contributed by atoms with Crippen molar-refractivity contribution in [3.8, 4) is 0 Å². The monoisotopic (exact) mass is 278 g/mol. The largest absolute Gasteiger partial charge is 0.314 e. The van der Waals surface area contributed by atoms with Gasteiger partial charge < -0.3 is 5.32 Å². The van der Waals surface area contributed by atoms with E-state index in [9.17, 15) is 8.42 Å². The van der Waals surface area contributed by atoms with E-state index >= 15 is 0 Å². The minimum absolute atomic E-state index is 0.254. The van der Waals surface area contributed by atoms with Crippen LogP contribution in [-0.2, 0) is 9.84 Å². The van der Waals surface area contributed by atoms with E-state index in [4.69, 9.17) is 0 Å². The first kappa shape index (κ1) is 17.9. The number of nitrogens with zero attached hydrogens (tertiary/aromatic N) is 1. The van der Waals surface area contributed by atoms with Crippen LogP contribution in [0.2, 0.25) is 0 Å². The van der Waals surface area contributed by atoms with Gasteiger partial charge in [-0.25, -0.2) is 8.42 Å². The Kier molecular flexibility index (Phi) is 8.82. The molecule has 18 heavy (non-hydrogen) atoms. The molecule has 4 nitrogen and oxygen atoms in total. The highest BCUT2D eigenvalue weighted by atomic mass is 32.2. The van der Waals surface area contributed by atoms with Crippen LogP contribution in [0.3, 0.4) is 0 Å². The van der Waals surface area contributed by atoms with Gasteiger partial charge in [0.25, 0.3) is 0 Å². The van der Waals surface area contributed by atoms with Crippen LogP contribution in [0.4, 0.5) is 0 Å². The summed E-state index contributed by atoms with van der Waals surface area (Å²) in [5.41, 5.74) is 0. The Morgan fingerprint density at radius 3 is 2.00 bits per heavy atom. The molecule has 0 unspecified atom stereocenters. The number of nitrogens with one attached hydrogen (secondary N) is 1. The average Bonchev–Trinajstić information content (AvgIpc) is 2.21. The van der Waals surface area contributed by atoms with Crippen molar-refractivity contribution in [2.45, 2.75) is 53.1 Å². The molecule has 110 valence electrons. The summed E-state index contributed by atoms with van der Waals surface area (Å²) in [7, 11) is -2.84. The molecule has 0 aliphatic rings. The van der Waals surface area contributed by atoms with E-state index in [0.29, 0.717) is 30.8 Å². The van der Waals surface area contributed by atoms with Crippen LogP contribution < -0.4 is 5.32 Å². The molecule has 0 rings (SSSR count). The van der Waals surface area contributed by atoms with Crippen molar-refractivity contribution < 1.29 is 8.42 Å². The molecule has 0 spiro atoms. The van der Waals surface area contributed by atoms with Gasteiger partial charge in [0.2, 0.25) is 0 Å². The highest BCUT2D eigenvalue weighted by molar-refractivity contribution is 7.91. The second kappa shape index (κ2) is 8.88. The summed E-state index contributed by atoms with van der Waals surface area (Å²) in [5, 5.41) is 3.22. The molecule has 0 aromatic rings. The van der Waals surface area contributed by atoms with Crippen LogP contribution in [0, 0.1) is 0 Å². The van der Waals surface area contributed by atoms with Crippen LogP contribution in [0.15, 0.2) is 0 Å². The SMILES string of the molecule is CCCS(=O)(=O)CCNCCN(C(C)C)C(C)C. The van der Waals surface area contributed by atoms with Crippen molar-refractivity contribution >= 4 is 9.84 Å². The van der Waals surface area contributed by atoms with Crippen molar-refractivity contribution in [3.63, 3.8) is 0 Å². The van der Waals surface area contributed by atoms with Crippen LogP contribution in [0.25, 0.3) is 0 Å². The fraction of sp³-hybridized carbons (Fsp3) is 1.00. The van der Waals surface area contributed by atoms with Crippen molar-refractivity contribution in [1.29, 1.82) is 0 Å². The molecule has 0 amide bonds. The summed E-state index contributed by atoms with van der Waals surface area (Å²) >= 11 is 0. The van der Waals surface area contributed by atoms with Gasteiger partial charge in [-0.15, -0.1) is 0 Å². The summed E-state index contributed by atoms with van der Waals surface area (Å²) < 4.78 is 23.0. The minimum Gasteiger partial charge on any atom is -0.314 e. The Bertz CT molecular complexity index is 292. The Balaban J connectivity index is 3.80. The third kappa shape index (κ3) is 8.06. The summed E-state index contributed by atoms with van der Waals surface area (Å²) in [6.07, 6.45) is 0.705.